The third kappa shape index (κ3) is 3.49. The molecule has 100 valence electrons. The van der Waals surface area contributed by atoms with Crippen LogP contribution in [0.15, 0.2) is 36.4 Å². The molecular weight excluding hydrogens is 258 g/mol. The maximum absolute atomic E-state index is 6.25. The van der Waals surface area contributed by atoms with E-state index < -0.39 is 0 Å². The van der Waals surface area contributed by atoms with E-state index in [9.17, 15) is 0 Å². The SMILES string of the molecule is CNCc1ccc(Oc2ccc(C)cc2C)c(Cl)c1. The highest BCUT2D eigenvalue weighted by Gasteiger charge is 2.06. The summed E-state index contributed by atoms with van der Waals surface area (Å²) in [5, 5.41) is 3.73. The molecule has 0 fully saturated rings. The van der Waals surface area contributed by atoms with Crippen LogP contribution in [0.4, 0.5) is 0 Å². The number of aryl methyl sites for hydroxylation is 2. The second-order valence-electron chi connectivity index (χ2n) is 4.67. The van der Waals surface area contributed by atoms with Crippen LogP contribution in [0.1, 0.15) is 16.7 Å². The molecule has 2 aromatic carbocycles. The number of hydrogen-bond donors (Lipinski definition) is 1. The van der Waals surface area contributed by atoms with Gasteiger partial charge in [0.05, 0.1) is 5.02 Å². The summed E-state index contributed by atoms with van der Waals surface area (Å²) in [6, 6.07) is 12.0. The van der Waals surface area contributed by atoms with E-state index in [1.54, 1.807) is 0 Å². The second-order valence-corrected chi connectivity index (χ2v) is 5.07. The molecule has 0 bridgehead atoms. The lowest BCUT2D eigenvalue weighted by atomic mass is 10.1. The van der Waals surface area contributed by atoms with Crippen molar-refractivity contribution in [1.82, 2.24) is 5.32 Å². The summed E-state index contributed by atoms with van der Waals surface area (Å²) in [5.41, 5.74) is 3.47. The second kappa shape index (κ2) is 6.09. The fourth-order valence-corrected chi connectivity index (χ4v) is 2.22. The lowest BCUT2D eigenvalue weighted by molar-refractivity contribution is 0.478. The largest absolute Gasteiger partial charge is 0.456 e. The standard InChI is InChI=1S/C16H18ClNO/c1-11-4-6-15(12(2)8-11)19-16-7-5-13(10-18-3)9-14(16)17/h4-9,18H,10H2,1-3H3. The van der Waals surface area contributed by atoms with E-state index in [0.717, 1.165) is 23.4 Å². The van der Waals surface area contributed by atoms with Crippen LogP contribution in [-0.4, -0.2) is 7.05 Å². The molecule has 0 aromatic heterocycles. The molecule has 3 heteroatoms. The molecule has 2 aromatic rings. The Morgan fingerprint density at radius 3 is 2.42 bits per heavy atom. The van der Waals surface area contributed by atoms with Crippen LogP contribution in [0, 0.1) is 13.8 Å². The summed E-state index contributed by atoms with van der Waals surface area (Å²) in [6.07, 6.45) is 0. The van der Waals surface area contributed by atoms with Crippen molar-refractivity contribution in [3.05, 3.63) is 58.1 Å². The monoisotopic (exact) mass is 275 g/mol. The topological polar surface area (TPSA) is 21.3 Å². The third-order valence-corrected chi connectivity index (χ3v) is 3.22. The molecule has 2 nitrogen and oxygen atoms in total. The molecule has 0 atom stereocenters. The van der Waals surface area contributed by atoms with Crippen LogP contribution in [0.2, 0.25) is 5.02 Å². The molecule has 0 unspecified atom stereocenters. The highest BCUT2D eigenvalue weighted by Crippen LogP contribution is 2.32. The van der Waals surface area contributed by atoms with Gasteiger partial charge in [0.2, 0.25) is 0 Å². The number of rotatable bonds is 4. The molecule has 0 radical (unpaired) electrons. The van der Waals surface area contributed by atoms with Gasteiger partial charge in [-0.1, -0.05) is 35.4 Å². The predicted octanol–water partition coefficient (Wildman–Crippen LogP) is 4.47. The van der Waals surface area contributed by atoms with E-state index in [0.29, 0.717) is 10.8 Å². The summed E-state index contributed by atoms with van der Waals surface area (Å²) in [4.78, 5) is 0. The normalized spacial score (nSPS) is 10.5. The quantitative estimate of drug-likeness (QED) is 0.889. The summed E-state index contributed by atoms with van der Waals surface area (Å²) in [7, 11) is 1.91. The lowest BCUT2D eigenvalue weighted by Crippen LogP contribution is -2.04. The smallest absolute Gasteiger partial charge is 0.146 e. The average Bonchev–Trinajstić information content (AvgIpc) is 2.36. The Labute approximate surface area is 119 Å². The highest BCUT2D eigenvalue weighted by molar-refractivity contribution is 6.32. The van der Waals surface area contributed by atoms with Gasteiger partial charge in [-0.3, -0.25) is 0 Å². The fourth-order valence-electron chi connectivity index (χ4n) is 1.97. The van der Waals surface area contributed by atoms with Gasteiger partial charge in [-0.25, -0.2) is 0 Å². The molecule has 1 N–H and O–H groups in total. The minimum Gasteiger partial charge on any atom is -0.456 e. The van der Waals surface area contributed by atoms with Crippen molar-refractivity contribution in [2.75, 3.05) is 7.05 Å². The predicted molar refractivity (Wildman–Crippen MR) is 80.2 cm³/mol. The van der Waals surface area contributed by atoms with Crippen LogP contribution in [0.3, 0.4) is 0 Å². The molecule has 0 amide bonds. The van der Waals surface area contributed by atoms with Gasteiger partial charge in [-0.2, -0.15) is 0 Å². The van der Waals surface area contributed by atoms with E-state index in [1.165, 1.54) is 5.56 Å². The maximum atomic E-state index is 6.25. The van der Waals surface area contributed by atoms with Crippen LogP contribution >= 0.6 is 11.6 Å². The number of nitrogens with one attached hydrogen (secondary N) is 1. The zero-order valence-electron chi connectivity index (χ0n) is 11.5. The Morgan fingerprint density at radius 2 is 1.79 bits per heavy atom. The van der Waals surface area contributed by atoms with Crippen molar-refractivity contribution >= 4 is 11.6 Å². The van der Waals surface area contributed by atoms with Gasteiger partial charge in [-0.15, -0.1) is 0 Å². The molecule has 2 rings (SSSR count). The van der Waals surface area contributed by atoms with E-state index in [2.05, 4.69) is 18.3 Å². The molecule has 0 aliphatic rings. The van der Waals surface area contributed by atoms with Gasteiger partial charge >= 0.3 is 0 Å². The van der Waals surface area contributed by atoms with Crippen molar-refractivity contribution in [3.63, 3.8) is 0 Å². The fraction of sp³-hybridized carbons (Fsp3) is 0.250. The molecule has 0 heterocycles. The molecular formula is C16H18ClNO. The van der Waals surface area contributed by atoms with Crippen LogP contribution in [0.5, 0.6) is 11.5 Å². The molecule has 0 saturated carbocycles. The Bertz CT molecular complexity index is 581. The van der Waals surface area contributed by atoms with Crippen LogP contribution < -0.4 is 10.1 Å². The summed E-state index contributed by atoms with van der Waals surface area (Å²) >= 11 is 6.25. The molecule has 0 aliphatic heterocycles. The summed E-state index contributed by atoms with van der Waals surface area (Å²) in [5.74, 6) is 1.53. The van der Waals surface area contributed by atoms with Crippen molar-refractivity contribution in [2.24, 2.45) is 0 Å². The lowest BCUT2D eigenvalue weighted by Gasteiger charge is -2.11. The Hall–Kier alpha value is -1.51. The van der Waals surface area contributed by atoms with Gasteiger partial charge in [0, 0.05) is 6.54 Å². The van der Waals surface area contributed by atoms with Gasteiger partial charge in [0.15, 0.2) is 0 Å². The minimum atomic E-state index is 0.632. The zero-order valence-corrected chi connectivity index (χ0v) is 12.2. The van der Waals surface area contributed by atoms with Gasteiger partial charge in [0.25, 0.3) is 0 Å². The summed E-state index contributed by atoms with van der Waals surface area (Å²) < 4.78 is 5.88. The zero-order chi connectivity index (χ0) is 13.8. The summed E-state index contributed by atoms with van der Waals surface area (Å²) in [6.45, 7) is 4.89. The highest BCUT2D eigenvalue weighted by atomic mass is 35.5. The first kappa shape index (κ1) is 13.9. The Kier molecular flexibility index (Phi) is 4.46. The van der Waals surface area contributed by atoms with E-state index in [4.69, 9.17) is 16.3 Å². The Balaban J connectivity index is 2.23. The van der Waals surface area contributed by atoms with Crippen molar-refractivity contribution in [3.8, 4) is 11.5 Å². The Morgan fingerprint density at radius 1 is 1.05 bits per heavy atom. The number of ether oxygens (including phenoxy) is 1. The third-order valence-electron chi connectivity index (χ3n) is 2.93. The first-order valence-electron chi connectivity index (χ1n) is 6.28. The van der Waals surface area contributed by atoms with Crippen molar-refractivity contribution < 1.29 is 4.74 Å². The van der Waals surface area contributed by atoms with Gasteiger partial charge in [0.1, 0.15) is 11.5 Å². The average molecular weight is 276 g/mol. The minimum absolute atomic E-state index is 0.632. The van der Waals surface area contributed by atoms with Crippen molar-refractivity contribution in [2.45, 2.75) is 20.4 Å². The first-order chi connectivity index (χ1) is 9.10. The maximum Gasteiger partial charge on any atom is 0.146 e. The van der Waals surface area contributed by atoms with Crippen molar-refractivity contribution in [1.29, 1.82) is 0 Å². The van der Waals surface area contributed by atoms with Crippen LogP contribution in [-0.2, 0) is 6.54 Å². The number of hydrogen-bond acceptors (Lipinski definition) is 2. The molecule has 0 saturated heterocycles. The molecule has 19 heavy (non-hydrogen) atoms. The number of benzene rings is 2. The van der Waals surface area contributed by atoms with E-state index in [-0.39, 0.29) is 0 Å². The van der Waals surface area contributed by atoms with E-state index >= 15 is 0 Å². The first-order valence-corrected chi connectivity index (χ1v) is 6.66. The van der Waals surface area contributed by atoms with E-state index in [1.807, 2.05) is 44.3 Å². The van der Waals surface area contributed by atoms with Gasteiger partial charge < -0.3 is 10.1 Å². The molecule has 0 aliphatic carbocycles. The number of halogens is 1. The van der Waals surface area contributed by atoms with Gasteiger partial charge in [-0.05, 0) is 50.2 Å². The van der Waals surface area contributed by atoms with Crippen LogP contribution in [0.25, 0.3) is 0 Å². The molecule has 0 spiro atoms.